The fraction of sp³-hybridized carbons (Fsp3) is 0.167. The van der Waals surface area contributed by atoms with Gasteiger partial charge < -0.3 is 18.9 Å². The Hall–Kier alpha value is -3.73. The van der Waals surface area contributed by atoms with Crippen LogP contribution in [0.15, 0.2) is 30.3 Å². The highest BCUT2D eigenvalue weighted by atomic mass is 16.7. The maximum absolute atomic E-state index is 11.4. The van der Waals surface area contributed by atoms with E-state index in [1.807, 2.05) is 0 Å². The summed E-state index contributed by atoms with van der Waals surface area (Å²) in [5, 5.41) is 20.9. The predicted octanol–water partition coefficient (Wildman–Crippen LogP) is 3.40. The molecule has 26 heavy (non-hydrogen) atoms. The first-order chi connectivity index (χ1) is 12.6. The molecule has 0 fully saturated rings. The Kier molecular flexibility index (Phi) is 4.62. The van der Waals surface area contributed by atoms with Crippen LogP contribution in [-0.2, 0) is 0 Å². The molecule has 1 aliphatic rings. The molecule has 2 aromatic rings. The van der Waals surface area contributed by atoms with Crippen molar-refractivity contribution in [2.24, 2.45) is 0 Å². The molecule has 0 bridgehead atoms. The van der Waals surface area contributed by atoms with E-state index in [4.69, 9.17) is 18.9 Å². The lowest BCUT2D eigenvalue weighted by Crippen LogP contribution is -1.94. The number of rotatable bonds is 5. The van der Waals surface area contributed by atoms with Crippen LogP contribution < -0.4 is 18.9 Å². The first-order valence-electron chi connectivity index (χ1n) is 7.49. The Labute approximate surface area is 148 Å². The van der Waals surface area contributed by atoms with Gasteiger partial charge >= 0.3 is 0 Å². The number of nitro benzene ring substituents is 1. The first kappa shape index (κ1) is 17.1. The summed E-state index contributed by atoms with van der Waals surface area (Å²) in [5.41, 5.74) is 0.832. The minimum Gasteiger partial charge on any atom is -0.493 e. The van der Waals surface area contributed by atoms with Gasteiger partial charge in [0, 0.05) is 0 Å². The lowest BCUT2D eigenvalue weighted by molar-refractivity contribution is -0.385. The number of hydrogen-bond acceptors (Lipinski definition) is 7. The first-order valence-corrected chi connectivity index (χ1v) is 7.49. The zero-order valence-corrected chi connectivity index (χ0v) is 14.0. The monoisotopic (exact) mass is 354 g/mol. The van der Waals surface area contributed by atoms with Crippen molar-refractivity contribution in [1.82, 2.24) is 0 Å². The number of nitrogens with zero attached hydrogens (tertiary/aromatic N) is 2. The zero-order valence-electron chi connectivity index (χ0n) is 14.0. The molecule has 0 aliphatic carbocycles. The van der Waals surface area contributed by atoms with Crippen molar-refractivity contribution in [3.8, 4) is 29.1 Å². The van der Waals surface area contributed by atoms with E-state index in [0.717, 1.165) is 0 Å². The number of allylic oxidation sites excluding steroid dienone is 1. The molecule has 0 atom stereocenters. The standard InChI is InChI=1S/C18H14N2O6/c1-23-15-4-3-11(6-16(15)24-2)13(9-19)5-12-7-17-18(26-10-25-17)8-14(12)20(21)22/h3-8H,10H2,1-2H3/b13-5+. The summed E-state index contributed by atoms with van der Waals surface area (Å²) in [6.07, 6.45) is 1.43. The van der Waals surface area contributed by atoms with Crippen molar-refractivity contribution in [3.05, 3.63) is 51.6 Å². The Balaban J connectivity index is 2.11. The Morgan fingerprint density at radius 1 is 1.19 bits per heavy atom. The van der Waals surface area contributed by atoms with E-state index in [-0.39, 0.29) is 23.6 Å². The highest BCUT2D eigenvalue weighted by Gasteiger charge is 2.23. The van der Waals surface area contributed by atoms with Crippen LogP contribution in [0.25, 0.3) is 11.6 Å². The number of benzene rings is 2. The van der Waals surface area contributed by atoms with Gasteiger partial charge in [0.05, 0.1) is 42.4 Å². The van der Waals surface area contributed by atoms with Crippen molar-refractivity contribution >= 4 is 17.3 Å². The third-order valence-electron chi connectivity index (χ3n) is 3.83. The molecule has 1 heterocycles. The van der Waals surface area contributed by atoms with Gasteiger partial charge in [0.2, 0.25) is 6.79 Å². The van der Waals surface area contributed by atoms with Gasteiger partial charge in [0.25, 0.3) is 5.69 Å². The summed E-state index contributed by atoms with van der Waals surface area (Å²) in [6.45, 7) is 0.000438. The highest BCUT2D eigenvalue weighted by Crippen LogP contribution is 2.39. The number of hydrogen-bond donors (Lipinski definition) is 0. The molecule has 0 radical (unpaired) electrons. The van der Waals surface area contributed by atoms with Gasteiger partial charge in [-0.05, 0) is 35.9 Å². The van der Waals surface area contributed by atoms with Crippen LogP contribution >= 0.6 is 0 Å². The Morgan fingerprint density at radius 3 is 2.50 bits per heavy atom. The third kappa shape index (κ3) is 3.10. The second-order valence-electron chi connectivity index (χ2n) is 5.26. The summed E-state index contributed by atoms with van der Waals surface area (Å²) in [4.78, 5) is 10.8. The molecule has 8 heteroatoms. The highest BCUT2D eigenvalue weighted by molar-refractivity contribution is 5.92. The number of methoxy groups -OCH3 is 2. The molecule has 0 spiro atoms. The molecule has 0 unspecified atom stereocenters. The van der Waals surface area contributed by atoms with Crippen LogP contribution in [0.3, 0.4) is 0 Å². The van der Waals surface area contributed by atoms with Gasteiger partial charge in [-0.15, -0.1) is 0 Å². The Bertz CT molecular complexity index is 945. The van der Waals surface area contributed by atoms with Crippen LogP contribution in [0.4, 0.5) is 5.69 Å². The van der Waals surface area contributed by atoms with Gasteiger partial charge in [0.15, 0.2) is 23.0 Å². The fourth-order valence-electron chi connectivity index (χ4n) is 2.56. The average Bonchev–Trinajstić information content (AvgIpc) is 3.12. The van der Waals surface area contributed by atoms with E-state index in [1.165, 1.54) is 32.4 Å². The van der Waals surface area contributed by atoms with Crippen LogP contribution in [0.5, 0.6) is 23.0 Å². The molecular weight excluding hydrogens is 340 g/mol. The topological polar surface area (TPSA) is 104 Å². The lowest BCUT2D eigenvalue weighted by atomic mass is 10.0. The van der Waals surface area contributed by atoms with Gasteiger partial charge in [-0.3, -0.25) is 10.1 Å². The molecule has 0 saturated heterocycles. The lowest BCUT2D eigenvalue weighted by Gasteiger charge is -2.09. The molecule has 132 valence electrons. The summed E-state index contributed by atoms with van der Waals surface area (Å²) in [5.74, 6) is 1.67. The molecule has 0 N–H and O–H groups in total. The molecule has 1 aliphatic heterocycles. The molecule has 8 nitrogen and oxygen atoms in total. The van der Waals surface area contributed by atoms with E-state index >= 15 is 0 Å². The van der Waals surface area contributed by atoms with Crippen molar-refractivity contribution in [1.29, 1.82) is 5.26 Å². The predicted molar refractivity (Wildman–Crippen MR) is 92.2 cm³/mol. The van der Waals surface area contributed by atoms with Crippen molar-refractivity contribution in [3.63, 3.8) is 0 Å². The van der Waals surface area contributed by atoms with E-state index in [1.54, 1.807) is 18.2 Å². The van der Waals surface area contributed by atoms with Crippen LogP contribution in [0.1, 0.15) is 11.1 Å². The maximum atomic E-state index is 11.4. The number of nitriles is 1. The summed E-state index contributed by atoms with van der Waals surface area (Å²) in [7, 11) is 2.99. The average molecular weight is 354 g/mol. The Morgan fingerprint density at radius 2 is 1.88 bits per heavy atom. The van der Waals surface area contributed by atoms with Gasteiger partial charge in [-0.1, -0.05) is 0 Å². The largest absolute Gasteiger partial charge is 0.493 e. The minimum absolute atomic E-state index is 0.000438. The SMILES string of the molecule is COc1ccc(/C(C#N)=C/c2cc3c(cc2[N+](=O)[O-])OCO3)cc1OC. The molecule has 2 aromatic carbocycles. The smallest absolute Gasteiger partial charge is 0.280 e. The molecule has 0 saturated carbocycles. The van der Waals surface area contributed by atoms with E-state index in [9.17, 15) is 15.4 Å². The van der Waals surface area contributed by atoms with E-state index in [2.05, 4.69) is 6.07 Å². The fourth-order valence-corrected chi connectivity index (χ4v) is 2.56. The maximum Gasteiger partial charge on any atom is 0.280 e. The van der Waals surface area contributed by atoms with E-state index < -0.39 is 4.92 Å². The molecule has 0 amide bonds. The summed E-state index contributed by atoms with van der Waals surface area (Å²) < 4.78 is 20.9. The van der Waals surface area contributed by atoms with Crippen molar-refractivity contribution in [2.45, 2.75) is 0 Å². The van der Waals surface area contributed by atoms with E-state index in [0.29, 0.717) is 28.6 Å². The normalized spacial score (nSPS) is 12.4. The van der Waals surface area contributed by atoms with Crippen LogP contribution in [0, 0.1) is 21.4 Å². The van der Waals surface area contributed by atoms with Gasteiger partial charge in [-0.2, -0.15) is 5.26 Å². The van der Waals surface area contributed by atoms with Gasteiger partial charge in [-0.25, -0.2) is 0 Å². The van der Waals surface area contributed by atoms with Gasteiger partial charge in [0.1, 0.15) is 0 Å². The molecule has 3 rings (SSSR count). The summed E-state index contributed by atoms with van der Waals surface area (Å²) in [6, 6.07) is 9.80. The number of nitro groups is 1. The quantitative estimate of drug-likeness (QED) is 0.351. The summed E-state index contributed by atoms with van der Waals surface area (Å²) >= 11 is 0. The van der Waals surface area contributed by atoms with Crippen LogP contribution in [0.2, 0.25) is 0 Å². The second kappa shape index (κ2) is 7.03. The van der Waals surface area contributed by atoms with Crippen molar-refractivity contribution < 1.29 is 23.9 Å². The molecule has 0 aromatic heterocycles. The van der Waals surface area contributed by atoms with Crippen LogP contribution in [-0.4, -0.2) is 25.9 Å². The minimum atomic E-state index is -0.530. The number of ether oxygens (including phenoxy) is 4. The van der Waals surface area contributed by atoms with Crippen molar-refractivity contribution in [2.75, 3.05) is 21.0 Å². The number of fused-ring (bicyclic) bond motifs is 1. The molecular formula is C18H14N2O6. The third-order valence-corrected chi connectivity index (χ3v) is 3.83. The zero-order chi connectivity index (χ0) is 18.7. The second-order valence-corrected chi connectivity index (χ2v) is 5.26.